The molecule has 0 saturated heterocycles. The average Bonchev–Trinajstić information content (AvgIpc) is 2.96. The van der Waals surface area contributed by atoms with Gasteiger partial charge in [0.2, 0.25) is 10.0 Å². The number of sulfonamides is 1. The smallest absolute Gasteiger partial charge is 0.250 e. The highest BCUT2D eigenvalue weighted by Crippen LogP contribution is 2.14. The van der Waals surface area contributed by atoms with Crippen LogP contribution in [0.25, 0.3) is 0 Å². The minimum atomic E-state index is -3.35. The number of halogens is 1. The van der Waals surface area contributed by atoms with Crippen molar-refractivity contribution in [3.05, 3.63) is 17.5 Å². The molecule has 0 atom stereocenters. The van der Waals surface area contributed by atoms with Crippen LogP contribution in [0.1, 0.15) is 0 Å². The molecule has 0 aromatic carbocycles. The second-order valence-corrected chi connectivity index (χ2v) is 6.83. The summed E-state index contributed by atoms with van der Waals surface area (Å²) >= 11 is 1.21. The molecule has 1 aliphatic heterocycles. The zero-order chi connectivity index (χ0) is 13.0. The van der Waals surface area contributed by atoms with E-state index in [0.717, 1.165) is 19.0 Å². The molecular formula is C10H17IN4O2S2. The maximum Gasteiger partial charge on any atom is 0.250 e. The lowest BCUT2D eigenvalue weighted by Gasteiger charge is -2.15. The number of thiophene rings is 1. The summed E-state index contributed by atoms with van der Waals surface area (Å²) < 4.78 is 26.5. The standard InChI is InChI=1S/C10H16N4O2S2.HI/c1-14-7-6-12-10(14)11-4-5-13-18(15,16)9-3-2-8-17-9;/h2-3,8,13H,4-7H2,1H3,(H,11,12);1H. The highest BCUT2D eigenvalue weighted by atomic mass is 127. The van der Waals surface area contributed by atoms with Gasteiger partial charge in [-0.3, -0.25) is 4.99 Å². The Hall–Kier alpha value is -0.390. The van der Waals surface area contributed by atoms with Crippen molar-refractivity contribution >= 4 is 51.3 Å². The number of nitrogens with one attached hydrogen (secondary N) is 2. The Kier molecular flexibility index (Phi) is 6.50. The molecule has 1 aromatic heterocycles. The van der Waals surface area contributed by atoms with E-state index < -0.39 is 10.0 Å². The molecule has 108 valence electrons. The summed E-state index contributed by atoms with van der Waals surface area (Å²) in [6, 6.07) is 3.31. The van der Waals surface area contributed by atoms with Crippen molar-refractivity contribution in [2.45, 2.75) is 4.21 Å². The van der Waals surface area contributed by atoms with Gasteiger partial charge in [0.15, 0.2) is 5.96 Å². The summed E-state index contributed by atoms with van der Waals surface area (Å²) in [5.41, 5.74) is 0. The van der Waals surface area contributed by atoms with Crippen molar-refractivity contribution in [2.75, 3.05) is 33.2 Å². The summed E-state index contributed by atoms with van der Waals surface area (Å²) in [5, 5.41) is 4.85. The maximum absolute atomic E-state index is 11.8. The second kappa shape index (κ2) is 7.41. The zero-order valence-electron chi connectivity index (χ0n) is 10.5. The second-order valence-electron chi connectivity index (χ2n) is 3.88. The molecule has 0 radical (unpaired) electrons. The topological polar surface area (TPSA) is 73.8 Å². The van der Waals surface area contributed by atoms with Gasteiger partial charge in [-0.1, -0.05) is 6.07 Å². The third-order valence-corrected chi connectivity index (χ3v) is 5.38. The van der Waals surface area contributed by atoms with E-state index in [4.69, 9.17) is 0 Å². The molecule has 1 aliphatic rings. The van der Waals surface area contributed by atoms with E-state index in [1.165, 1.54) is 11.3 Å². The Bertz CT molecular complexity index is 516. The molecule has 0 aliphatic carbocycles. The Morgan fingerprint density at radius 3 is 2.84 bits per heavy atom. The molecule has 0 unspecified atom stereocenters. The van der Waals surface area contributed by atoms with Crippen LogP contribution in [-0.2, 0) is 10.0 Å². The molecule has 0 saturated carbocycles. The van der Waals surface area contributed by atoms with E-state index >= 15 is 0 Å². The molecule has 6 nitrogen and oxygen atoms in total. The van der Waals surface area contributed by atoms with Crippen molar-refractivity contribution in [2.24, 2.45) is 4.99 Å². The lowest BCUT2D eigenvalue weighted by atomic mass is 10.6. The molecule has 0 amide bonds. The van der Waals surface area contributed by atoms with Crippen LogP contribution < -0.4 is 10.0 Å². The average molecular weight is 416 g/mol. The SMILES string of the molecule is CN1CCN=C1NCCNS(=O)(=O)c1cccs1.I. The van der Waals surface area contributed by atoms with Gasteiger partial charge >= 0.3 is 0 Å². The van der Waals surface area contributed by atoms with Gasteiger partial charge in [0.25, 0.3) is 0 Å². The van der Waals surface area contributed by atoms with E-state index in [1.807, 2.05) is 11.9 Å². The minimum absolute atomic E-state index is 0. The number of rotatable bonds is 5. The van der Waals surface area contributed by atoms with Crippen LogP contribution in [0.4, 0.5) is 0 Å². The molecule has 19 heavy (non-hydrogen) atoms. The van der Waals surface area contributed by atoms with Crippen LogP contribution in [0, 0.1) is 0 Å². The van der Waals surface area contributed by atoms with Gasteiger partial charge in [0.1, 0.15) is 4.21 Å². The first-order chi connectivity index (χ1) is 8.59. The minimum Gasteiger partial charge on any atom is -0.355 e. The number of hydrogen-bond acceptors (Lipinski definition) is 6. The van der Waals surface area contributed by atoms with Gasteiger partial charge in [-0.05, 0) is 11.4 Å². The van der Waals surface area contributed by atoms with Crippen LogP contribution in [0.15, 0.2) is 26.7 Å². The molecule has 1 aromatic rings. The van der Waals surface area contributed by atoms with Crippen LogP contribution in [0.3, 0.4) is 0 Å². The van der Waals surface area contributed by atoms with Gasteiger partial charge in [-0.15, -0.1) is 35.3 Å². The van der Waals surface area contributed by atoms with Crippen LogP contribution in [-0.4, -0.2) is 52.5 Å². The molecule has 2 rings (SSSR count). The molecule has 0 fully saturated rings. The highest BCUT2D eigenvalue weighted by Gasteiger charge is 2.15. The van der Waals surface area contributed by atoms with Crippen LogP contribution in [0.2, 0.25) is 0 Å². The number of likely N-dealkylation sites (N-methyl/N-ethyl adjacent to an activating group) is 1. The van der Waals surface area contributed by atoms with Crippen molar-refractivity contribution in [1.29, 1.82) is 0 Å². The van der Waals surface area contributed by atoms with Crippen LogP contribution >= 0.6 is 35.3 Å². The fourth-order valence-electron chi connectivity index (χ4n) is 1.57. The number of guanidine groups is 1. The maximum atomic E-state index is 11.8. The van der Waals surface area contributed by atoms with Crippen molar-refractivity contribution in [1.82, 2.24) is 14.9 Å². The summed E-state index contributed by atoms with van der Waals surface area (Å²) in [7, 11) is -1.40. The van der Waals surface area contributed by atoms with E-state index in [0.29, 0.717) is 17.3 Å². The number of aliphatic imine (C=N–C) groups is 1. The largest absolute Gasteiger partial charge is 0.355 e. The van der Waals surface area contributed by atoms with Gasteiger partial charge < -0.3 is 10.2 Å². The molecule has 2 N–H and O–H groups in total. The van der Waals surface area contributed by atoms with Gasteiger partial charge in [0.05, 0.1) is 6.54 Å². The molecule has 0 bridgehead atoms. The lowest BCUT2D eigenvalue weighted by molar-refractivity contribution is 0.533. The Morgan fingerprint density at radius 2 is 2.26 bits per heavy atom. The fourth-order valence-corrected chi connectivity index (χ4v) is 3.64. The fraction of sp³-hybridized carbons (Fsp3) is 0.500. The Labute approximate surface area is 134 Å². The normalized spacial score (nSPS) is 15.0. The lowest BCUT2D eigenvalue weighted by Crippen LogP contribution is -2.40. The monoisotopic (exact) mass is 416 g/mol. The van der Waals surface area contributed by atoms with Gasteiger partial charge in [0, 0.05) is 26.7 Å². The molecule has 0 spiro atoms. The zero-order valence-corrected chi connectivity index (χ0v) is 14.5. The van der Waals surface area contributed by atoms with E-state index in [-0.39, 0.29) is 24.0 Å². The predicted octanol–water partition coefficient (Wildman–Crippen LogP) is 0.535. The highest BCUT2D eigenvalue weighted by molar-refractivity contribution is 14.0. The summed E-state index contributed by atoms with van der Waals surface area (Å²) in [5.74, 6) is 0.824. The Balaban J connectivity index is 0.00000180. The summed E-state index contributed by atoms with van der Waals surface area (Å²) in [4.78, 5) is 6.26. The summed E-state index contributed by atoms with van der Waals surface area (Å²) in [6.07, 6.45) is 0. The Morgan fingerprint density at radius 1 is 1.47 bits per heavy atom. The first-order valence-electron chi connectivity index (χ1n) is 5.62. The predicted molar refractivity (Wildman–Crippen MR) is 87.9 cm³/mol. The number of nitrogens with zero attached hydrogens (tertiary/aromatic N) is 2. The number of hydrogen-bond donors (Lipinski definition) is 2. The summed E-state index contributed by atoms with van der Waals surface area (Å²) in [6.45, 7) is 2.56. The first-order valence-corrected chi connectivity index (χ1v) is 7.98. The molecule has 9 heteroatoms. The third-order valence-electron chi connectivity index (χ3n) is 2.52. The van der Waals surface area contributed by atoms with Crippen molar-refractivity contribution < 1.29 is 8.42 Å². The van der Waals surface area contributed by atoms with E-state index in [1.54, 1.807) is 17.5 Å². The van der Waals surface area contributed by atoms with Crippen molar-refractivity contribution in [3.8, 4) is 0 Å². The van der Waals surface area contributed by atoms with Crippen molar-refractivity contribution in [3.63, 3.8) is 0 Å². The molecule has 2 heterocycles. The quantitative estimate of drug-likeness (QED) is 0.543. The van der Waals surface area contributed by atoms with Gasteiger partial charge in [-0.2, -0.15) is 0 Å². The van der Waals surface area contributed by atoms with E-state index in [9.17, 15) is 8.42 Å². The molecular weight excluding hydrogens is 399 g/mol. The van der Waals surface area contributed by atoms with E-state index in [2.05, 4.69) is 15.0 Å². The van der Waals surface area contributed by atoms with Crippen LogP contribution in [0.5, 0.6) is 0 Å². The van der Waals surface area contributed by atoms with Gasteiger partial charge in [-0.25, -0.2) is 13.1 Å². The third kappa shape index (κ3) is 4.58. The first kappa shape index (κ1) is 16.7.